The van der Waals surface area contributed by atoms with E-state index in [0.717, 1.165) is 0 Å². The van der Waals surface area contributed by atoms with E-state index in [1.807, 2.05) is 6.92 Å². The number of rotatable bonds is 1. The molecule has 2 heterocycles. The van der Waals surface area contributed by atoms with E-state index >= 15 is 0 Å². The Labute approximate surface area is 86.4 Å². The maximum atomic E-state index is 11.7. The Bertz CT molecular complexity index is 316. The van der Waals surface area contributed by atoms with Crippen LogP contribution in [0.5, 0.6) is 0 Å². The Morgan fingerprint density at radius 1 is 1.71 bits per heavy atom. The average molecular weight is 215 g/mol. The van der Waals surface area contributed by atoms with Gasteiger partial charge in [0.2, 0.25) is 0 Å². The van der Waals surface area contributed by atoms with Crippen molar-refractivity contribution < 1.29 is 4.79 Å². The van der Waals surface area contributed by atoms with Crippen LogP contribution in [0.1, 0.15) is 17.4 Å². The third-order valence-corrected chi connectivity index (χ3v) is 3.01. The first-order valence-corrected chi connectivity index (χ1v) is 4.91. The molecule has 1 aliphatic heterocycles. The molecule has 6 heteroatoms. The molecule has 2 rings (SSSR count). The SMILES string of the molecule is CC1CN(C(=O)c2cn[nH]n2)CC1Cl. The van der Waals surface area contributed by atoms with Crippen LogP contribution in [0.25, 0.3) is 0 Å². The van der Waals surface area contributed by atoms with Gasteiger partial charge in [-0.2, -0.15) is 15.4 Å². The molecule has 1 fully saturated rings. The lowest BCUT2D eigenvalue weighted by atomic mass is 10.2. The molecule has 1 aliphatic rings. The summed E-state index contributed by atoms with van der Waals surface area (Å²) in [4.78, 5) is 13.5. The van der Waals surface area contributed by atoms with Crippen LogP contribution in [0.2, 0.25) is 0 Å². The maximum absolute atomic E-state index is 11.7. The molecular weight excluding hydrogens is 204 g/mol. The average Bonchev–Trinajstić information content (AvgIpc) is 2.76. The van der Waals surface area contributed by atoms with Crippen molar-refractivity contribution in [1.29, 1.82) is 0 Å². The van der Waals surface area contributed by atoms with Gasteiger partial charge in [-0.15, -0.1) is 11.6 Å². The van der Waals surface area contributed by atoms with E-state index in [1.54, 1.807) is 4.90 Å². The number of hydrogen-bond acceptors (Lipinski definition) is 3. The molecule has 2 unspecified atom stereocenters. The molecule has 5 nitrogen and oxygen atoms in total. The molecule has 1 saturated heterocycles. The molecule has 0 bridgehead atoms. The monoisotopic (exact) mass is 214 g/mol. The van der Waals surface area contributed by atoms with Gasteiger partial charge in [0.1, 0.15) is 0 Å². The van der Waals surface area contributed by atoms with Gasteiger partial charge in [0.25, 0.3) is 5.91 Å². The van der Waals surface area contributed by atoms with Crippen LogP contribution in [0.3, 0.4) is 0 Å². The van der Waals surface area contributed by atoms with E-state index in [9.17, 15) is 4.79 Å². The van der Waals surface area contributed by atoms with Gasteiger partial charge in [-0.25, -0.2) is 0 Å². The normalized spacial score (nSPS) is 26.9. The highest BCUT2D eigenvalue weighted by molar-refractivity contribution is 6.21. The standard InChI is InChI=1S/C8H11ClN4O/c1-5-3-13(4-6(5)9)8(14)7-2-10-12-11-7/h2,5-6H,3-4H2,1H3,(H,10,11,12). The number of carbonyl (C=O) groups excluding carboxylic acids is 1. The van der Waals surface area contributed by atoms with E-state index in [2.05, 4.69) is 15.4 Å². The summed E-state index contributed by atoms with van der Waals surface area (Å²) >= 11 is 6.03. The number of alkyl halides is 1. The molecule has 1 aromatic rings. The fraction of sp³-hybridized carbons (Fsp3) is 0.625. The Hall–Kier alpha value is -1.10. The van der Waals surface area contributed by atoms with Gasteiger partial charge in [-0.1, -0.05) is 6.92 Å². The Kier molecular flexibility index (Phi) is 2.41. The number of amides is 1. The summed E-state index contributed by atoms with van der Waals surface area (Å²) in [6, 6.07) is 0. The van der Waals surface area contributed by atoms with Crippen molar-refractivity contribution in [2.75, 3.05) is 13.1 Å². The molecule has 1 N–H and O–H groups in total. The highest BCUT2D eigenvalue weighted by atomic mass is 35.5. The van der Waals surface area contributed by atoms with Crippen molar-refractivity contribution in [3.63, 3.8) is 0 Å². The number of hydrogen-bond donors (Lipinski definition) is 1. The van der Waals surface area contributed by atoms with Crippen LogP contribution in [0, 0.1) is 5.92 Å². The Balaban J connectivity index is 2.07. The molecule has 0 aromatic carbocycles. The number of carbonyl (C=O) groups is 1. The van der Waals surface area contributed by atoms with Gasteiger partial charge >= 0.3 is 0 Å². The molecule has 0 saturated carbocycles. The number of H-pyrrole nitrogens is 1. The second-order valence-electron chi connectivity index (χ2n) is 3.56. The first-order chi connectivity index (χ1) is 6.68. The van der Waals surface area contributed by atoms with E-state index in [1.165, 1.54) is 6.20 Å². The summed E-state index contributed by atoms with van der Waals surface area (Å²) < 4.78 is 0. The fourth-order valence-electron chi connectivity index (χ4n) is 1.56. The van der Waals surface area contributed by atoms with Crippen molar-refractivity contribution in [1.82, 2.24) is 20.3 Å². The van der Waals surface area contributed by atoms with Crippen LogP contribution in [0.15, 0.2) is 6.20 Å². The summed E-state index contributed by atoms with van der Waals surface area (Å²) in [5.41, 5.74) is 0.350. The van der Waals surface area contributed by atoms with Crippen LogP contribution >= 0.6 is 11.6 Å². The maximum Gasteiger partial charge on any atom is 0.276 e. The van der Waals surface area contributed by atoms with Gasteiger partial charge in [0.05, 0.1) is 11.6 Å². The molecule has 76 valence electrons. The second kappa shape index (κ2) is 3.57. The van der Waals surface area contributed by atoms with E-state index in [4.69, 9.17) is 11.6 Å². The third kappa shape index (κ3) is 1.59. The first kappa shape index (κ1) is 9.45. The molecule has 1 aromatic heterocycles. The van der Waals surface area contributed by atoms with Gasteiger partial charge in [-0.3, -0.25) is 4.79 Å². The lowest BCUT2D eigenvalue weighted by Gasteiger charge is -2.13. The molecule has 14 heavy (non-hydrogen) atoms. The smallest absolute Gasteiger partial charge is 0.276 e. The van der Waals surface area contributed by atoms with Crippen molar-refractivity contribution in [3.05, 3.63) is 11.9 Å². The van der Waals surface area contributed by atoms with Gasteiger partial charge in [-0.05, 0) is 5.92 Å². The van der Waals surface area contributed by atoms with E-state index in [-0.39, 0.29) is 11.3 Å². The number of nitrogens with zero attached hydrogens (tertiary/aromatic N) is 3. The van der Waals surface area contributed by atoms with E-state index < -0.39 is 0 Å². The minimum atomic E-state index is -0.103. The zero-order valence-electron chi connectivity index (χ0n) is 7.77. The third-order valence-electron chi connectivity index (χ3n) is 2.44. The fourth-order valence-corrected chi connectivity index (χ4v) is 1.81. The number of likely N-dealkylation sites (tertiary alicyclic amines) is 1. The number of nitrogens with one attached hydrogen (secondary N) is 1. The highest BCUT2D eigenvalue weighted by Crippen LogP contribution is 2.22. The predicted octanol–water partition coefficient (Wildman–Crippen LogP) is 0.504. The van der Waals surface area contributed by atoms with Crippen LogP contribution in [-0.2, 0) is 0 Å². The van der Waals surface area contributed by atoms with Crippen molar-refractivity contribution >= 4 is 17.5 Å². The van der Waals surface area contributed by atoms with Gasteiger partial charge in [0, 0.05) is 13.1 Å². The lowest BCUT2D eigenvalue weighted by Crippen LogP contribution is -2.29. The lowest BCUT2D eigenvalue weighted by molar-refractivity contribution is 0.0782. The highest BCUT2D eigenvalue weighted by Gasteiger charge is 2.32. The largest absolute Gasteiger partial charge is 0.335 e. The van der Waals surface area contributed by atoms with Crippen LogP contribution < -0.4 is 0 Å². The molecule has 0 radical (unpaired) electrons. The first-order valence-electron chi connectivity index (χ1n) is 4.47. The second-order valence-corrected chi connectivity index (χ2v) is 4.12. The number of aromatic nitrogens is 3. The summed E-state index contributed by atoms with van der Waals surface area (Å²) in [6.45, 7) is 3.32. The summed E-state index contributed by atoms with van der Waals surface area (Å²) in [5.74, 6) is 0.237. The molecule has 0 spiro atoms. The van der Waals surface area contributed by atoms with Gasteiger partial charge < -0.3 is 4.90 Å². The van der Waals surface area contributed by atoms with Gasteiger partial charge in [0.15, 0.2) is 5.69 Å². The zero-order valence-corrected chi connectivity index (χ0v) is 8.53. The molecule has 2 atom stereocenters. The van der Waals surface area contributed by atoms with Crippen molar-refractivity contribution in [2.24, 2.45) is 5.92 Å². The van der Waals surface area contributed by atoms with Crippen molar-refractivity contribution in [2.45, 2.75) is 12.3 Å². The molecular formula is C8H11ClN4O. The summed E-state index contributed by atoms with van der Waals surface area (Å²) in [6.07, 6.45) is 1.43. The summed E-state index contributed by atoms with van der Waals surface area (Å²) in [7, 11) is 0. The number of halogens is 1. The Morgan fingerprint density at radius 2 is 2.50 bits per heavy atom. The quantitative estimate of drug-likeness (QED) is 0.693. The Morgan fingerprint density at radius 3 is 3.00 bits per heavy atom. The van der Waals surface area contributed by atoms with E-state index in [0.29, 0.717) is 24.7 Å². The van der Waals surface area contributed by atoms with Crippen molar-refractivity contribution in [3.8, 4) is 0 Å². The minimum Gasteiger partial charge on any atom is -0.335 e. The summed E-state index contributed by atoms with van der Waals surface area (Å²) in [5, 5.41) is 9.80. The number of aromatic amines is 1. The predicted molar refractivity (Wildman–Crippen MR) is 51.1 cm³/mol. The molecule has 0 aliphatic carbocycles. The topological polar surface area (TPSA) is 61.9 Å². The molecule has 1 amide bonds. The minimum absolute atomic E-state index is 0.0471. The zero-order chi connectivity index (χ0) is 10.1. The van der Waals surface area contributed by atoms with Crippen LogP contribution in [-0.4, -0.2) is 44.7 Å². The van der Waals surface area contributed by atoms with Crippen LogP contribution in [0.4, 0.5) is 0 Å².